The lowest BCUT2D eigenvalue weighted by Crippen LogP contribution is -2.24. The van der Waals surface area contributed by atoms with Gasteiger partial charge in [-0.1, -0.05) is 44.2 Å². The molecule has 0 saturated heterocycles. The van der Waals surface area contributed by atoms with Crippen LogP contribution in [0.2, 0.25) is 0 Å². The van der Waals surface area contributed by atoms with Crippen LogP contribution in [0.25, 0.3) is 21.9 Å². The van der Waals surface area contributed by atoms with Crippen LogP contribution >= 0.6 is 0 Å². The van der Waals surface area contributed by atoms with Crippen LogP contribution in [0.4, 0.5) is 0 Å². The maximum Gasteiger partial charge on any atom is 0.324 e. The Bertz CT molecular complexity index is 1070. The second-order valence-corrected chi connectivity index (χ2v) is 7.41. The number of hydrogen-bond donors (Lipinski definition) is 0. The van der Waals surface area contributed by atoms with Crippen LogP contribution in [0, 0.1) is 0 Å². The zero-order chi connectivity index (χ0) is 21.8. The predicted octanol–water partition coefficient (Wildman–Crippen LogP) is 5.07. The molecule has 0 aliphatic rings. The van der Waals surface area contributed by atoms with Gasteiger partial charge in [0.25, 0.3) is 0 Å². The molecule has 5 nitrogen and oxygen atoms in total. The zero-order valence-electron chi connectivity index (χ0n) is 17.9. The number of fused-ring (bicyclic) bond motifs is 1. The highest BCUT2D eigenvalue weighted by atomic mass is 16.5. The molecule has 0 fully saturated rings. The van der Waals surface area contributed by atoms with E-state index in [1.54, 1.807) is 13.2 Å². The highest BCUT2D eigenvalue weighted by Gasteiger charge is 2.30. The minimum Gasteiger partial charge on any atom is -0.496 e. The van der Waals surface area contributed by atoms with Crippen molar-refractivity contribution in [1.82, 2.24) is 0 Å². The Kier molecular flexibility index (Phi) is 6.40. The van der Waals surface area contributed by atoms with E-state index < -0.39 is 17.9 Å². The van der Waals surface area contributed by atoms with Crippen LogP contribution in [0.5, 0.6) is 5.75 Å². The molecule has 156 valence electrons. The average Bonchev–Trinajstić information content (AvgIpc) is 2.77. The summed E-state index contributed by atoms with van der Waals surface area (Å²) in [6.07, 6.45) is 0. The first-order valence-corrected chi connectivity index (χ1v) is 9.77. The van der Waals surface area contributed by atoms with E-state index in [1.807, 2.05) is 36.4 Å². The quantitative estimate of drug-likeness (QED) is 0.423. The van der Waals surface area contributed by atoms with Crippen molar-refractivity contribution in [2.75, 3.05) is 21.3 Å². The number of rotatable bonds is 6. The van der Waals surface area contributed by atoms with Crippen LogP contribution < -0.4 is 4.74 Å². The minimum absolute atomic E-state index is 0.344. The normalized spacial score (nSPS) is 11.0. The Labute approximate surface area is 176 Å². The lowest BCUT2D eigenvalue weighted by atomic mass is 9.93. The van der Waals surface area contributed by atoms with Gasteiger partial charge in [-0.2, -0.15) is 0 Å². The summed E-state index contributed by atoms with van der Waals surface area (Å²) in [6.45, 7) is 4.28. The molecule has 3 rings (SSSR count). The van der Waals surface area contributed by atoms with Gasteiger partial charge in [-0.15, -0.1) is 0 Å². The second-order valence-electron chi connectivity index (χ2n) is 7.41. The van der Waals surface area contributed by atoms with Crippen molar-refractivity contribution in [3.63, 3.8) is 0 Å². The van der Waals surface area contributed by atoms with Crippen LogP contribution in [0.3, 0.4) is 0 Å². The van der Waals surface area contributed by atoms with Gasteiger partial charge in [-0.3, -0.25) is 9.59 Å². The van der Waals surface area contributed by atoms with E-state index in [-0.39, 0.29) is 0 Å². The highest BCUT2D eigenvalue weighted by Crippen LogP contribution is 2.33. The third-order valence-electron chi connectivity index (χ3n) is 5.26. The van der Waals surface area contributed by atoms with Crippen molar-refractivity contribution in [3.05, 3.63) is 65.7 Å². The van der Waals surface area contributed by atoms with E-state index in [0.717, 1.165) is 33.2 Å². The largest absolute Gasteiger partial charge is 0.496 e. The van der Waals surface area contributed by atoms with Gasteiger partial charge in [0.1, 0.15) is 5.75 Å². The summed E-state index contributed by atoms with van der Waals surface area (Å²) in [5.41, 5.74) is 3.88. The average molecular weight is 406 g/mol. The van der Waals surface area contributed by atoms with Crippen molar-refractivity contribution in [2.24, 2.45) is 0 Å². The van der Waals surface area contributed by atoms with Crippen molar-refractivity contribution in [3.8, 4) is 16.9 Å². The Hall–Kier alpha value is -3.34. The van der Waals surface area contributed by atoms with Gasteiger partial charge in [0.05, 0.1) is 21.3 Å². The number of methoxy groups -OCH3 is 3. The van der Waals surface area contributed by atoms with E-state index in [4.69, 9.17) is 14.2 Å². The molecule has 5 heteroatoms. The topological polar surface area (TPSA) is 61.8 Å². The molecule has 30 heavy (non-hydrogen) atoms. The summed E-state index contributed by atoms with van der Waals surface area (Å²) in [5.74, 6) is -1.15. The SMILES string of the molecule is COC(=O)C(C(=O)OC)c1ccc2cc(-c3ccc(OC)c(C(C)C)c3)ccc2c1. The molecular weight excluding hydrogens is 380 g/mol. The van der Waals surface area contributed by atoms with Crippen LogP contribution in [0.15, 0.2) is 54.6 Å². The molecule has 0 aromatic heterocycles. The third kappa shape index (κ3) is 4.15. The van der Waals surface area contributed by atoms with Gasteiger partial charge in [0, 0.05) is 0 Å². The number of carbonyl (C=O) groups excluding carboxylic acids is 2. The molecule has 0 heterocycles. The molecule has 0 N–H and O–H groups in total. The Balaban J connectivity index is 2.03. The number of ether oxygens (including phenoxy) is 3. The van der Waals surface area contributed by atoms with E-state index in [1.165, 1.54) is 14.2 Å². The molecule has 0 aliphatic heterocycles. The standard InChI is InChI=1S/C25H26O5/c1-15(2)21-14-19(10-11-22(21)28-3)17-6-7-18-13-20(9-8-16(18)12-17)23(24(26)29-4)25(27)30-5/h6-15,23H,1-5H3. The molecule has 0 spiro atoms. The summed E-state index contributed by atoms with van der Waals surface area (Å²) in [4.78, 5) is 24.2. The van der Waals surface area contributed by atoms with E-state index in [9.17, 15) is 9.59 Å². The summed E-state index contributed by atoms with van der Waals surface area (Å²) in [5, 5.41) is 1.93. The van der Waals surface area contributed by atoms with E-state index in [0.29, 0.717) is 11.5 Å². The summed E-state index contributed by atoms with van der Waals surface area (Å²) in [6, 6.07) is 17.8. The first-order valence-electron chi connectivity index (χ1n) is 9.77. The molecule has 0 atom stereocenters. The number of esters is 2. The van der Waals surface area contributed by atoms with Crippen molar-refractivity contribution in [1.29, 1.82) is 0 Å². The molecular formula is C25H26O5. The minimum atomic E-state index is -1.10. The Morgan fingerprint density at radius 2 is 1.30 bits per heavy atom. The lowest BCUT2D eigenvalue weighted by Gasteiger charge is -2.15. The van der Waals surface area contributed by atoms with Gasteiger partial charge < -0.3 is 14.2 Å². The van der Waals surface area contributed by atoms with Crippen molar-refractivity contribution < 1.29 is 23.8 Å². The van der Waals surface area contributed by atoms with Gasteiger partial charge >= 0.3 is 11.9 Å². The summed E-state index contributed by atoms with van der Waals surface area (Å²) in [7, 11) is 4.20. The first-order chi connectivity index (χ1) is 14.4. The molecule has 0 bridgehead atoms. The van der Waals surface area contributed by atoms with Gasteiger partial charge in [0.2, 0.25) is 0 Å². The van der Waals surface area contributed by atoms with Crippen molar-refractivity contribution in [2.45, 2.75) is 25.7 Å². The monoisotopic (exact) mass is 406 g/mol. The first kappa shape index (κ1) is 21.4. The molecule has 0 amide bonds. The fourth-order valence-electron chi connectivity index (χ4n) is 3.59. The van der Waals surface area contributed by atoms with Crippen LogP contribution in [0.1, 0.15) is 36.8 Å². The van der Waals surface area contributed by atoms with Gasteiger partial charge in [-0.05, 0) is 63.2 Å². The fourth-order valence-corrected chi connectivity index (χ4v) is 3.59. The van der Waals surface area contributed by atoms with Crippen LogP contribution in [-0.2, 0) is 19.1 Å². The maximum absolute atomic E-state index is 12.1. The van der Waals surface area contributed by atoms with Crippen LogP contribution in [-0.4, -0.2) is 33.3 Å². The van der Waals surface area contributed by atoms with Gasteiger partial charge in [-0.25, -0.2) is 0 Å². The van der Waals surface area contributed by atoms with E-state index in [2.05, 4.69) is 26.0 Å². The van der Waals surface area contributed by atoms with E-state index >= 15 is 0 Å². The zero-order valence-corrected chi connectivity index (χ0v) is 17.9. The molecule has 3 aromatic rings. The predicted molar refractivity (Wildman–Crippen MR) is 117 cm³/mol. The molecule has 0 radical (unpaired) electrons. The lowest BCUT2D eigenvalue weighted by molar-refractivity contribution is -0.154. The summed E-state index contributed by atoms with van der Waals surface area (Å²) >= 11 is 0. The fraction of sp³-hybridized carbons (Fsp3) is 0.280. The maximum atomic E-state index is 12.1. The Morgan fingerprint density at radius 1 is 0.733 bits per heavy atom. The molecule has 0 unspecified atom stereocenters. The summed E-state index contributed by atoms with van der Waals surface area (Å²) < 4.78 is 15.0. The number of benzene rings is 3. The molecule has 0 saturated carbocycles. The number of carbonyl (C=O) groups is 2. The second kappa shape index (κ2) is 8.99. The smallest absolute Gasteiger partial charge is 0.324 e. The number of hydrogen-bond acceptors (Lipinski definition) is 5. The molecule has 3 aromatic carbocycles. The Morgan fingerprint density at radius 3 is 1.90 bits per heavy atom. The van der Waals surface area contributed by atoms with Gasteiger partial charge in [0.15, 0.2) is 5.92 Å². The molecule has 0 aliphatic carbocycles. The third-order valence-corrected chi connectivity index (χ3v) is 5.26. The van der Waals surface area contributed by atoms with Crippen molar-refractivity contribution >= 4 is 22.7 Å². The highest BCUT2D eigenvalue weighted by molar-refractivity contribution is 6.02.